The van der Waals surface area contributed by atoms with E-state index in [-0.39, 0.29) is 40.3 Å². The van der Waals surface area contributed by atoms with Gasteiger partial charge < -0.3 is 11.1 Å². The third-order valence-electron chi connectivity index (χ3n) is 7.41. The summed E-state index contributed by atoms with van der Waals surface area (Å²) in [5, 5.41) is 4.07. The van der Waals surface area contributed by atoms with Gasteiger partial charge in [-0.25, -0.2) is 33.7 Å². The number of nitrogens with one attached hydrogen (secondary N) is 1. The smallest absolute Gasteiger partial charge is 0.215 e. The average Bonchev–Trinajstić information content (AvgIpc) is 3.80. The molecular weight excluding hydrogens is 735 g/mol. The molecule has 3 N–H and O–H groups in total. The van der Waals surface area contributed by atoms with E-state index in [2.05, 4.69) is 16.8 Å². The third kappa shape index (κ3) is 9.08. The molecule has 1 aliphatic heterocycles. The lowest BCUT2D eigenvalue weighted by atomic mass is 10.4. The maximum atomic E-state index is 12.7. The fraction of sp³-hybridized carbons (Fsp3) is 0.290. The Morgan fingerprint density at radius 2 is 1.17 bits per heavy atom. The fourth-order valence-corrected chi connectivity index (χ4v) is 11.9. The minimum atomic E-state index is -3.67. The van der Waals surface area contributed by atoms with Gasteiger partial charge in [0.2, 0.25) is 19.7 Å². The van der Waals surface area contributed by atoms with Crippen molar-refractivity contribution in [1.29, 1.82) is 0 Å². The maximum absolute atomic E-state index is 12.7. The van der Waals surface area contributed by atoms with Crippen molar-refractivity contribution in [3.8, 4) is 0 Å². The van der Waals surface area contributed by atoms with E-state index >= 15 is 0 Å². The SMILES string of the molecule is C=CS(=O)(=O)c1ccc(S(=O)(=O)c2ccc(CC)s2)cc1.NCc1ccc(S(=O)(=O)c2ccc(S(=O)(=O)CCN3CCNCC3)cc2)s1. The normalized spacial score (nSPS) is 14.6. The topological polar surface area (TPSA) is 178 Å². The van der Waals surface area contributed by atoms with Gasteiger partial charge >= 0.3 is 0 Å². The van der Waals surface area contributed by atoms with Crippen molar-refractivity contribution in [1.82, 2.24) is 10.2 Å². The molecule has 1 aliphatic rings. The number of nitrogens with zero attached hydrogens (tertiary/aromatic N) is 1. The molecular formula is C31H37N3O8S6. The van der Waals surface area contributed by atoms with Crippen LogP contribution in [0.1, 0.15) is 16.7 Å². The zero-order valence-electron chi connectivity index (χ0n) is 26.1. The van der Waals surface area contributed by atoms with Gasteiger partial charge in [0.05, 0.1) is 25.3 Å². The van der Waals surface area contributed by atoms with Gasteiger partial charge in [-0.05, 0) is 79.2 Å². The van der Waals surface area contributed by atoms with E-state index in [4.69, 9.17) is 5.73 Å². The highest BCUT2D eigenvalue weighted by molar-refractivity contribution is 7.94. The van der Waals surface area contributed by atoms with Crippen LogP contribution in [-0.2, 0) is 52.3 Å². The van der Waals surface area contributed by atoms with Crippen molar-refractivity contribution in [2.24, 2.45) is 5.73 Å². The van der Waals surface area contributed by atoms with Crippen LogP contribution >= 0.6 is 22.7 Å². The second-order valence-electron chi connectivity index (χ2n) is 10.6. The van der Waals surface area contributed by atoms with Crippen LogP contribution < -0.4 is 11.1 Å². The van der Waals surface area contributed by atoms with Gasteiger partial charge in [0.1, 0.15) is 8.42 Å². The van der Waals surface area contributed by atoms with Crippen molar-refractivity contribution in [2.45, 2.75) is 47.9 Å². The number of hydrogen-bond donors (Lipinski definition) is 2. The van der Waals surface area contributed by atoms with Gasteiger partial charge in [0.15, 0.2) is 19.7 Å². The number of aryl methyl sites for hydroxylation is 1. The molecule has 0 amide bonds. The van der Waals surface area contributed by atoms with Crippen LogP contribution in [0, 0.1) is 0 Å². The van der Waals surface area contributed by atoms with Crippen LogP contribution in [0.3, 0.4) is 0 Å². The highest BCUT2D eigenvalue weighted by atomic mass is 32.2. The Labute approximate surface area is 290 Å². The van der Waals surface area contributed by atoms with E-state index < -0.39 is 39.3 Å². The summed E-state index contributed by atoms with van der Waals surface area (Å²) in [7, 11) is -14.3. The predicted molar refractivity (Wildman–Crippen MR) is 188 cm³/mol. The molecule has 2 aromatic carbocycles. The van der Waals surface area contributed by atoms with E-state index in [1.807, 2.05) is 6.92 Å². The van der Waals surface area contributed by atoms with Crippen LogP contribution in [0.25, 0.3) is 0 Å². The summed E-state index contributed by atoms with van der Waals surface area (Å²) in [5.41, 5.74) is 5.54. The summed E-state index contributed by atoms with van der Waals surface area (Å²) in [6.07, 6.45) is 0.775. The van der Waals surface area contributed by atoms with E-state index in [1.165, 1.54) is 65.9 Å². The van der Waals surface area contributed by atoms with Crippen molar-refractivity contribution in [3.05, 3.63) is 94.5 Å². The van der Waals surface area contributed by atoms with E-state index in [9.17, 15) is 33.7 Å². The van der Waals surface area contributed by atoms with Crippen LogP contribution in [0.2, 0.25) is 0 Å². The fourth-order valence-electron chi connectivity index (χ4n) is 4.57. The largest absolute Gasteiger partial charge is 0.326 e. The zero-order valence-corrected chi connectivity index (χ0v) is 31.0. The average molecular weight is 772 g/mol. The lowest BCUT2D eigenvalue weighted by molar-refractivity contribution is 0.254. The Hall–Kier alpha value is -2.74. The molecule has 1 saturated heterocycles. The summed E-state index contributed by atoms with van der Waals surface area (Å²) in [4.78, 5) is 4.20. The number of hydrogen-bond acceptors (Lipinski definition) is 13. The third-order valence-corrected chi connectivity index (χ3v) is 17.4. The van der Waals surface area contributed by atoms with Gasteiger partial charge in [-0.2, -0.15) is 0 Å². The van der Waals surface area contributed by atoms with Gasteiger partial charge in [0, 0.05) is 54.4 Å². The van der Waals surface area contributed by atoms with Crippen molar-refractivity contribution >= 4 is 62.0 Å². The summed E-state index contributed by atoms with van der Waals surface area (Å²) >= 11 is 2.35. The molecule has 48 heavy (non-hydrogen) atoms. The summed E-state index contributed by atoms with van der Waals surface area (Å²) in [6.45, 7) is 9.33. The molecule has 0 aliphatic carbocycles. The van der Waals surface area contributed by atoms with Crippen LogP contribution in [0.4, 0.5) is 0 Å². The van der Waals surface area contributed by atoms with Crippen molar-refractivity contribution < 1.29 is 33.7 Å². The quantitative estimate of drug-likeness (QED) is 0.214. The first kappa shape index (κ1) is 38.1. The molecule has 2 aromatic heterocycles. The van der Waals surface area contributed by atoms with Gasteiger partial charge in [-0.1, -0.05) is 13.5 Å². The highest BCUT2D eigenvalue weighted by Crippen LogP contribution is 2.30. The first-order valence-electron chi connectivity index (χ1n) is 14.7. The van der Waals surface area contributed by atoms with Crippen LogP contribution in [0.15, 0.2) is 113 Å². The second-order valence-corrected chi connectivity index (χ2v) is 21.3. The zero-order chi connectivity index (χ0) is 35.2. The Morgan fingerprint density at radius 3 is 1.60 bits per heavy atom. The summed E-state index contributed by atoms with van der Waals surface area (Å²) in [5.74, 6) is 0.0177. The Morgan fingerprint density at radius 1 is 0.708 bits per heavy atom. The lowest BCUT2D eigenvalue weighted by Crippen LogP contribution is -2.45. The second kappa shape index (κ2) is 15.9. The number of rotatable bonds is 12. The number of sulfone groups is 4. The standard InChI is InChI=1S/C17H23N3O4S3.C14H14O4S3/c18-13-14-1-6-17(25-14)27(23,24)16-4-2-15(3-5-16)26(21,22)12-11-20-9-7-19-8-10-20;1-3-11-5-10-14(19-11)21(17,18)13-8-6-12(7-9-13)20(15,16)4-2/h1-6,19H,7-13,18H2;4-10H,2-3H2,1H3. The molecule has 5 rings (SSSR count). The summed E-state index contributed by atoms with van der Waals surface area (Å²) in [6, 6.07) is 17.2. The summed E-state index contributed by atoms with van der Waals surface area (Å²) < 4.78 is 99.0. The van der Waals surface area contributed by atoms with E-state index in [1.54, 1.807) is 18.2 Å². The molecule has 0 bridgehead atoms. The van der Waals surface area contributed by atoms with Crippen molar-refractivity contribution in [3.63, 3.8) is 0 Å². The molecule has 0 radical (unpaired) electrons. The molecule has 0 unspecified atom stereocenters. The van der Waals surface area contributed by atoms with Crippen LogP contribution in [0.5, 0.6) is 0 Å². The number of thiophene rings is 2. The molecule has 4 aromatic rings. The first-order chi connectivity index (χ1) is 22.6. The Bertz CT molecular complexity index is 2150. The van der Waals surface area contributed by atoms with Crippen molar-refractivity contribution in [2.75, 3.05) is 38.5 Å². The van der Waals surface area contributed by atoms with Gasteiger partial charge in [0.25, 0.3) is 0 Å². The monoisotopic (exact) mass is 771 g/mol. The van der Waals surface area contributed by atoms with Gasteiger partial charge in [-0.3, -0.25) is 4.90 Å². The minimum absolute atomic E-state index is 0.0177. The molecule has 0 atom stereocenters. The molecule has 0 saturated carbocycles. The maximum Gasteiger partial charge on any atom is 0.215 e. The lowest BCUT2D eigenvalue weighted by Gasteiger charge is -2.26. The number of benzene rings is 2. The molecule has 17 heteroatoms. The molecule has 1 fully saturated rings. The highest BCUT2D eigenvalue weighted by Gasteiger charge is 2.23. The molecule has 0 spiro atoms. The van der Waals surface area contributed by atoms with Gasteiger partial charge in [-0.15, -0.1) is 22.7 Å². The minimum Gasteiger partial charge on any atom is -0.326 e. The van der Waals surface area contributed by atoms with E-state index in [0.29, 0.717) is 6.54 Å². The molecule has 3 heterocycles. The number of nitrogens with two attached hydrogens (primary N) is 1. The first-order valence-corrected chi connectivity index (χ1v) is 22.5. The Balaban J connectivity index is 0.000000224. The predicted octanol–water partition coefficient (Wildman–Crippen LogP) is 3.78. The Kier molecular flexibility index (Phi) is 12.6. The van der Waals surface area contributed by atoms with Crippen LogP contribution in [-0.4, -0.2) is 77.0 Å². The molecule has 11 nitrogen and oxygen atoms in total. The molecule has 260 valence electrons. The van der Waals surface area contributed by atoms with E-state index in [0.717, 1.165) is 59.1 Å². The number of piperazine rings is 1.